The fraction of sp³-hybridized carbons (Fsp3) is 0.426. The Morgan fingerprint density at radius 1 is 0.898 bits per heavy atom. The number of rotatable bonds is 17. The van der Waals surface area contributed by atoms with E-state index in [2.05, 4.69) is 25.2 Å². The van der Waals surface area contributed by atoms with Crippen LogP contribution < -0.4 is 19.5 Å². The van der Waals surface area contributed by atoms with Crippen LogP contribution in [0.25, 0.3) is 11.1 Å². The van der Waals surface area contributed by atoms with Gasteiger partial charge in [-0.1, -0.05) is 68.8 Å². The summed E-state index contributed by atoms with van der Waals surface area (Å²) in [7, 11) is 0. The molecule has 0 bridgehead atoms. The first-order valence-electron chi connectivity index (χ1n) is 20.4. The number of halogens is 1. The lowest BCUT2D eigenvalue weighted by molar-refractivity contribution is -0.206. The predicted octanol–water partition coefficient (Wildman–Crippen LogP) is 9.10. The molecule has 2 unspecified atom stereocenters. The monoisotopic (exact) mass is 812 g/mol. The Morgan fingerprint density at radius 2 is 1.61 bits per heavy atom. The zero-order valence-corrected chi connectivity index (χ0v) is 35.2. The van der Waals surface area contributed by atoms with Crippen molar-refractivity contribution in [1.29, 1.82) is 0 Å². The maximum atomic E-state index is 13.8. The number of nitrogens with zero attached hydrogens (tertiary/aromatic N) is 1. The third-order valence-corrected chi connectivity index (χ3v) is 9.65. The second-order valence-electron chi connectivity index (χ2n) is 15.4. The molecule has 0 fully saturated rings. The maximum absolute atomic E-state index is 13.8. The molecule has 0 spiro atoms. The zero-order chi connectivity index (χ0) is 42.5. The second-order valence-corrected chi connectivity index (χ2v) is 15.4. The molecule has 1 aliphatic rings. The van der Waals surface area contributed by atoms with E-state index in [-0.39, 0.29) is 25.4 Å². The first-order chi connectivity index (χ1) is 28.3. The van der Waals surface area contributed by atoms with Crippen molar-refractivity contribution in [3.05, 3.63) is 112 Å². The van der Waals surface area contributed by atoms with Gasteiger partial charge in [0, 0.05) is 24.5 Å². The highest BCUT2D eigenvalue weighted by atomic mass is 19.1. The number of nitrogens with one attached hydrogen (secondary N) is 1. The van der Waals surface area contributed by atoms with Gasteiger partial charge >= 0.3 is 12.1 Å². The van der Waals surface area contributed by atoms with E-state index in [0.29, 0.717) is 32.0 Å². The highest BCUT2D eigenvalue weighted by molar-refractivity contribution is 5.85. The van der Waals surface area contributed by atoms with Gasteiger partial charge in [-0.05, 0) is 105 Å². The molecule has 1 heterocycles. The normalized spacial score (nSPS) is 14.1. The van der Waals surface area contributed by atoms with Crippen LogP contribution in [-0.4, -0.2) is 60.5 Å². The lowest BCUT2D eigenvalue weighted by Crippen LogP contribution is -2.48. The molecule has 11 nitrogen and oxygen atoms in total. The maximum Gasteiger partial charge on any atom is 0.408 e. The van der Waals surface area contributed by atoms with Crippen LogP contribution in [-0.2, 0) is 56.4 Å². The molecule has 2 amide bonds. The molecule has 4 aromatic carbocycles. The summed E-state index contributed by atoms with van der Waals surface area (Å²) < 4.78 is 44.1. The summed E-state index contributed by atoms with van der Waals surface area (Å²) in [5.41, 5.74) is 6.00. The molecule has 0 saturated carbocycles. The summed E-state index contributed by atoms with van der Waals surface area (Å²) in [4.78, 5) is 44.1. The van der Waals surface area contributed by atoms with Crippen molar-refractivity contribution in [1.82, 2.24) is 10.4 Å². The Balaban J connectivity index is 1.22. The van der Waals surface area contributed by atoms with Gasteiger partial charge in [0.05, 0.1) is 26.4 Å². The zero-order valence-electron chi connectivity index (χ0n) is 35.2. The summed E-state index contributed by atoms with van der Waals surface area (Å²) in [5.74, 6) is 0.511. The van der Waals surface area contributed by atoms with Crippen molar-refractivity contribution >= 4 is 18.0 Å². The van der Waals surface area contributed by atoms with E-state index in [0.717, 1.165) is 74.8 Å². The van der Waals surface area contributed by atoms with Crippen molar-refractivity contribution in [3.8, 4) is 28.4 Å². The van der Waals surface area contributed by atoms with E-state index >= 15 is 0 Å². The van der Waals surface area contributed by atoms with Crippen molar-refractivity contribution in [3.63, 3.8) is 0 Å². The van der Waals surface area contributed by atoms with E-state index in [1.807, 2.05) is 48.5 Å². The Hall–Kier alpha value is -5.62. The molecule has 0 radical (unpaired) electrons. The number of benzene rings is 4. The average Bonchev–Trinajstić information content (AvgIpc) is 3.22. The first-order valence-corrected chi connectivity index (χ1v) is 20.4. The number of carbonyl (C=O) groups is 3. The number of likely N-dealkylation sites (N-methyl/N-ethyl adjacent to an activating group) is 1. The number of alkyl carbamates (subject to hydrolysis) is 1. The minimum atomic E-state index is -1.06. The SMILES string of the molecule is CCCc1c(OCCCOc2cc(OCc3ccccc3)c(-c3ccc(F)cc3)cc2CC)ccc2c1CC(C(=O)N(CC)OC(=O)C(C)NC(=O)OC(C)(C)C)OC2. The molecular formula is C47H57FN2O9. The van der Waals surface area contributed by atoms with Crippen molar-refractivity contribution in [2.75, 3.05) is 19.8 Å². The number of hydroxylamine groups is 2. The molecule has 0 aliphatic carbocycles. The Morgan fingerprint density at radius 3 is 2.27 bits per heavy atom. The highest BCUT2D eigenvalue weighted by Gasteiger charge is 2.34. The molecule has 4 aromatic rings. The van der Waals surface area contributed by atoms with Crippen LogP contribution in [0.3, 0.4) is 0 Å². The number of fused-ring (bicyclic) bond motifs is 1. The Bertz CT molecular complexity index is 2030. The van der Waals surface area contributed by atoms with Gasteiger partial charge in [0.25, 0.3) is 5.91 Å². The highest BCUT2D eigenvalue weighted by Crippen LogP contribution is 2.38. The average molecular weight is 813 g/mol. The molecular weight excluding hydrogens is 756 g/mol. The molecule has 1 aliphatic heterocycles. The van der Waals surface area contributed by atoms with Crippen LogP contribution in [0, 0.1) is 5.82 Å². The van der Waals surface area contributed by atoms with Gasteiger partial charge < -0.3 is 33.8 Å². The van der Waals surface area contributed by atoms with Gasteiger partial charge in [-0.25, -0.2) is 14.0 Å². The largest absolute Gasteiger partial charge is 0.493 e. The van der Waals surface area contributed by atoms with Crippen LogP contribution in [0.2, 0.25) is 0 Å². The van der Waals surface area contributed by atoms with Crippen molar-refractivity contribution in [2.24, 2.45) is 0 Å². The van der Waals surface area contributed by atoms with Gasteiger partial charge in [0.2, 0.25) is 0 Å². The van der Waals surface area contributed by atoms with Gasteiger partial charge in [-0.15, -0.1) is 0 Å². The third-order valence-electron chi connectivity index (χ3n) is 9.65. The van der Waals surface area contributed by atoms with Crippen LogP contribution in [0.4, 0.5) is 9.18 Å². The van der Waals surface area contributed by atoms with Gasteiger partial charge in [-0.3, -0.25) is 4.79 Å². The van der Waals surface area contributed by atoms with Crippen LogP contribution in [0.5, 0.6) is 17.2 Å². The summed E-state index contributed by atoms with van der Waals surface area (Å²) in [6, 6.07) is 23.2. The summed E-state index contributed by atoms with van der Waals surface area (Å²) >= 11 is 0. The fourth-order valence-corrected chi connectivity index (χ4v) is 6.67. The number of hydrogen-bond donors (Lipinski definition) is 1. The van der Waals surface area contributed by atoms with E-state index in [4.69, 9.17) is 28.5 Å². The topological polar surface area (TPSA) is 122 Å². The Labute approximate surface area is 347 Å². The summed E-state index contributed by atoms with van der Waals surface area (Å²) in [6.45, 7) is 13.9. The fourth-order valence-electron chi connectivity index (χ4n) is 6.67. The number of ether oxygens (including phenoxy) is 5. The quantitative estimate of drug-likeness (QED) is 0.0822. The van der Waals surface area contributed by atoms with Crippen LogP contribution in [0.1, 0.15) is 89.1 Å². The van der Waals surface area contributed by atoms with Crippen LogP contribution >= 0.6 is 0 Å². The van der Waals surface area contributed by atoms with Crippen molar-refractivity contribution in [2.45, 2.75) is 112 Å². The second kappa shape index (κ2) is 20.9. The minimum Gasteiger partial charge on any atom is -0.493 e. The minimum absolute atomic E-state index is 0.0870. The number of amides is 2. The smallest absolute Gasteiger partial charge is 0.408 e. The van der Waals surface area contributed by atoms with E-state index in [9.17, 15) is 18.8 Å². The predicted molar refractivity (Wildman–Crippen MR) is 223 cm³/mol. The third kappa shape index (κ3) is 12.4. The van der Waals surface area contributed by atoms with E-state index in [1.54, 1.807) is 39.8 Å². The molecule has 5 rings (SSSR count). The first kappa shape index (κ1) is 44.5. The van der Waals surface area contributed by atoms with Gasteiger partial charge in [0.15, 0.2) is 0 Å². The van der Waals surface area contributed by atoms with Gasteiger partial charge in [0.1, 0.15) is 47.4 Å². The standard InChI is InChI=1S/C47H57FN2O9/c1-8-15-37-38-27-43(44(51)50(10-3)59-45(52)31(4)49-46(53)58-47(5,6)7)57-30-35(38)20-23-40(37)54-24-14-25-55-41-28-42(56-29-32-16-12-11-13-17-32)39(26-33(41)9-2)34-18-21-36(48)22-19-34/h11-13,16-23,26,28,31,43H,8-10,14-15,24-25,27,29-30H2,1-7H3,(H,49,53). The molecule has 316 valence electrons. The molecule has 59 heavy (non-hydrogen) atoms. The van der Waals surface area contributed by atoms with E-state index in [1.165, 1.54) is 19.1 Å². The lowest BCUT2D eigenvalue weighted by Gasteiger charge is -2.31. The molecule has 1 N–H and O–H groups in total. The molecule has 0 aromatic heterocycles. The lowest BCUT2D eigenvalue weighted by atomic mass is 9.90. The van der Waals surface area contributed by atoms with Crippen LogP contribution in [0.15, 0.2) is 78.9 Å². The molecule has 0 saturated heterocycles. The molecule has 12 heteroatoms. The van der Waals surface area contributed by atoms with E-state index < -0.39 is 35.7 Å². The summed E-state index contributed by atoms with van der Waals surface area (Å²) in [6.07, 6.45) is 1.56. The number of hydrogen-bond acceptors (Lipinski definition) is 9. The number of aryl methyl sites for hydroxylation is 1. The van der Waals surface area contributed by atoms with Crippen molar-refractivity contribution < 1.29 is 47.3 Å². The number of carbonyl (C=O) groups excluding carboxylic acids is 3. The molecule has 2 atom stereocenters. The van der Waals surface area contributed by atoms with Gasteiger partial charge in [-0.2, -0.15) is 5.06 Å². The summed E-state index contributed by atoms with van der Waals surface area (Å²) in [5, 5.41) is 3.42. The Kier molecular flexibility index (Phi) is 15.7.